The number of primary amides is 1. The fraction of sp³-hybridized carbons (Fsp3) is 0.133. The number of alkyl halides is 6. The SMILES string of the molecule is NC(=O)c1c(-c2ccccc2C(F)(F)F)cccc1C(F)(F)F. The van der Waals surface area contributed by atoms with Crippen LogP contribution in [0.3, 0.4) is 0 Å². The van der Waals surface area contributed by atoms with Gasteiger partial charge < -0.3 is 5.73 Å². The van der Waals surface area contributed by atoms with E-state index in [1.807, 2.05) is 0 Å². The molecule has 0 atom stereocenters. The first kappa shape index (κ1) is 16.9. The van der Waals surface area contributed by atoms with Crippen molar-refractivity contribution in [1.82, 2.24) is 0 Å². The quantitative estimate of drug-likeness (QED) is 0.809. The molecular weight excluding hydrogens is 324 g/mol. The zero-order valence-electron chi connectivity index (χ0n) is 11.3. The Kier molecular flexibility index (Phi) is 4.10. The van der Waals surface area contributed by atoms with E-state index in [0.717, 1.165) is 30.3 Å². The van der Waals surface area contributed by atoms with Gasteiger partial charge in [0.15, 0.2) is 0 Å². The maximum atomic E-state index is 13.1. The van der Waals surface area contributed by atoms with Crippen LogP contribution in [0.4, 0.5) is 26.3 Å². The van der Waals surface area contributed by atoms with E-state index in [1.165, 1.54) is 6.07 Å². The summed E-state index contributed by atoms with van der Waals surface area (Å²) in [5.41, 5.74) is 0.417. The van der Waals surface area contributed by atoms with Crippen molar-refractivity contribution < 1.29 is 31.1 Å². The van der Waals surface area contributed by atoms with Crippen LogP contribution in [0.25, 0.3) is 11.1 Å². The van der Waals surface area contributed by atoms with Crippen molar-refractivity contribution in [3.8, 4) is 11.1 Å². The topological polar surface area (TPSA) is 43.1 Å². The van der Waals surface area contributed by atoms with Gasteiger partial charge in [-0.05, 0) is 23.3 Å². The standard InChI is InChI=1S/C15H9F6NO/c16-14(17,18)10-6-2-1-4-8(10)9-5-3-7-11(15(19,20)21)12(9)13(22)23/h1-7H,(H2,22,23). The molecule has 0 spiro atoms. The average Bonchev–Trinajstić information content (AvgIpc) is 2.44. The van der Waals surface area contributed by atoms with Gasteiger partial charge in [0.2, 0.25) is 5.91 Å². The largest absolute Gasteiger partial charge is 0.417 e. The number of benzene rings is 2. The first-order valence-electron chi connectivity index (χ1n) is 6.20. The molecule has 0 aliphatic heterocycles. The Morgan fingerprint density at radius 2 is 1.22 bits per heavy atom. The molecule has 2 aromatic rings. The number of hydrogen-bond acceptors (Lipinski definition) is 1. The van der Waals surface area contributed by atoms with Gasteiger partial charge in [0.05, 0.1) is 16.7 Å². The Morgan fingerprint density at radius 3 is 1.74 bits per heavy atom. The minimum Gasteiger partial charge on any atom is -0.366 e. The fourth-order valence-corrected chi connectivity index (χ4v) is 2.24. The molecular formula is C15H9F6NO. The van der Waals surface area contributed by atoms with E-state index < -0.39 is 46.1 Å². The summed E-state index contributed by atoms with van der Waals surface area (Å²) < 4.78 is 78.2. The summed E-state index contributed by atoms with van der Waals surface area (Å²) in [5.74, 6) is -1.45. The van der Waals surface area contributed by atoms with E-state index >= 15 is 0 Å². The predicted molar refractivity (Wildman–Crippen MR) is 70.4 cm³/mol. The predicted octanol–water partition coefficient (Wildman–Crippen LogP) is 4.49. The summed E-state index contributed by atoms with van der Waals surface area (Å²) in [6.45, 7) is 0. The van der Waals surface area contributed by atoms with E-state index in [9.17, 15) is 31.1 Å². The number of nitrogens with two attached hydrogens (primary N) is 1. The van der Waals surface area contributed by atoms with Crippen molar-refractivity contribution in [3.05, 3.63) is 59.2 Å². The van der Waals surface area contributed by atoms with Crippen molar-refractivity contribution in [3.63, 3.8) is 0 Å². The molecule has 122 valence electrons. The first-order chi connectivity index (χ1) is 10.5. The lowest BCUT2D eigenvalue weighted by atomic mass is 9.91. The van der Waals surface area contributed by atoms with Crippen LogP contribution in [0.1, 0.15) is 21.5 Å². The maximum Gasteiger partial charge on any atom is 0.417 e. The average molecular weight is 333 g/mol. The monoisotopic (exact) mass is 333 g/mol. The number of amides is 1. The van der Waals surface area contributed by atoms with Crippen molar-refractivity contribution in [1.29, 1.82) is 0 Å². The molecule has 0 aliphatic carbocycles. The van der Waals surface area contributed by atoms with Crippen LogP contribution in [-0.4, -0.2) is 5.91 Å². The Hall–Kier alpha value is -2.51. The third-order valence-electron chi connectivity index (χ3n) is 3.14. The van der Waals surface area contributed by atoms with Gasteiger partial charge in [-0.3, -0.25) is 4.79 Å². The number of rotatable bonds is 2. The highest BCUT2D eigenvalue weighted by molar-refractivity contribution is 6.02. The van der Waals surface area contributed by atoms with Crippen molar-refractivity contribution in [2.24, 2.45) is 5.73 Å². The molecule has 0 saturated carbocycles. The van der Waals surface area contributed by atoms with Gasteiger partial charge >= 0.3 is 12.4 Å². The van der Waals surface area contributed by atoms with E-state index in [2.05, 4.69) is 0 Å². The van der Waals surface area contributed by atoms with E-state index in [1.54, 1.807) is 0 Å². The van der Waals surface area contributed by atoms with Crippen LogP contribution >= 0.6 is 0 Å². The normalized spacial score (nSPS) is 12.3. The van der Waals surface area contributed by atoms with Gasteiger partial charge in [0.1, 0.15) is 0 Å². The van der Waals surface area contributed by atoms with Crippen LogP contribution < -0.4 is 5.73 Å². The number of carbonyl (C=O) groups is 1. The number of hydrogen-bond donors (Lipinski definition) is 1. The number of halogens is 6. The molecule has 0 fully saturated rings. The molecule has 0 aromatic heterocycles. The number of carbonyl (C=O) groups excluding carboxylic acids is 1. The summed E-state index contributed by atoms with van der Waals surface area (Å²) in [5, 5.41) is 0. The molecule has 0 radical (unpaired) electrons. The van der Waals surface area contributed by atoms with Crippen molar-refractivity contribution in [2.75, 3.05) is 0 Å². The zero-order chi connectivity index (χ0) is 17.4. The maximum absolute atomic E-state index is 13.1. The smallest absolute Gasteiger partial charge is 0.366 e. The summed E-state index contributed by atoms with van der Waals surface area (Å²) in [4.78, 5) is 11.5. The van der Waals surface area contributed by atoms with Gasteiger partial charge in [-0.1, -0.05) is 30.3 Å². The second-order valence-corrected chi connectivity index (χ2v) is 4.63. The molecule has 1 amide bonds. The summed E-state index contributed by atoms with van der Waals surface area (Å²) in [6, 6.07) is 6.57. The second kappa shape index (κ2) is 5.60. The molecule has 2 rings (SSSR count). The van der Waals surface area contributed by atoms with Gasteiger partial charge in [-0.15, -0.1) is 0 Å². The summed E-state index contributed by atoms with van der Waals surface area (Å²) in [6.07, 6.45) is -9.71. The van der Waals surface area contributed by atoms with Gasteiger partial charge in [-0.2, -0.15) is 26.3 Å². The lowest BCUT2D eigenvalue weighted by Crippen LogP contribution is -2.20. The highest BCUT2D eigenvalue weighted by atomic mass is 19.4. The lowest BCUT2D eigenvalue weighted by Gasteiger charge is -2.18. The second-order valence-electron chi connectivity index (χ2n) is 4.63. The van der Waals surface area contributed by atoms with E-state index in [-0.39, 0.29) is 0 Å². The molecule has 2 nitrogen and oxygen atoms in total. The van der Waals surface area contributed by atoms with Crippen molar-refractivity contribution >= 4 is 5.91 Å². The van der Waals surface area contributed by atoms with E-state index in [0.29, 0.717) is 6.07 Å². The Labute approximate surface area is 126 Å². The summed E-state index contributed by atoms with van der Waals surface area (Å²) in [7, 11) is 0. The van der Waals surface area contributed by atoms with E-state index in [4.69, 9.17) is 5.73 Å². The van der Waals surface area contributed by atoms with Gasteiger partial charge in [0.25, 0.3) is 0 Å². The molecule has 0 heterocycles. The van der Waals surface area contributed by atoms with Crippen LogP contribution in [0.5, 0.6) is 0 Å². The molecule has 8 heteroatoms. The Morgan fingerprint density at radius 1 is 0.739 bits per heavy atom. The zero-order valence-corrected chi connectivity index (χ0v) is 11.3. The Bertz CT molecular complexity index is 748. The minimum atomic E-state index is -4.92. The van der Waals surface area contributed by atoms with Gasteiger partial charge in [0, 0.05) is 0 Å². The van der Waals surface area contributed by atoms with Crippen LogP contribution in [-0.2, 0) is 12.4 Å². The van der Waals surface area contributed by atoms with Crippen LogP contribution in [0.2, 0.25) is 0 Å². The highest BCUT2D eigenvalue weighted by Gasteiger charge is 2.38. The molecule has 0 unspecified atom stereocenters. The molecule has 0 saturated heterocycles. The highest BCUT2D eigenvalue weighted by Crippen LogP contribution is 2.41. The lowest BCUT2D eigenvalue weighted by molar-refractivity contribution is -0.138. The molecule has 0 bridgehead atoms. The first-order valence-corrected chi connectivity index (χ1v) is 6.20. The fourth-order valence-electron chi connectivity index (χ4n) is 2.24. The van der Waals surface area contributed by atoms with Crippen LogP contribution in [0, 0.1) is 0 Å². The minimum absolute atomic E-state index is 0.514. The molecule has 0 aliphatic rings. The third kappa shape index (κ3) is 3.30. The van der Waals surface area contributed by atoms with Crippen molar-refractivity contribution in [2.45, 2.75) is 12.4 Å². The Balaban J connectivity index is 2.84. The third-order valence-corrected chi connectivity index (χ3v) is 3.14. The van der Waals surface area contributed by atoms with Crippen LogP contribution in [0.15, 0.2) is 42.5 Å². The molecule has 2 N–H and O–H groups in total. The molecule has 2 aromatic carbocycles. The molecule has 23 heavy (non-hydrogen) atoms. The van der Waals surface area contributed by atoms with Gasteiger partial charge in [-0.25, -0.2) is 0 Å². The summed E-state index contributed by atoms with van der Waals surface area (Å²) >= 11 is 0.